The molecule has 144 valence electrons. The number of hydrogen-bond donors (Lipinski definition) is 2. The summed E-state index contributed by atoms with van der Waals surface area (Å²) in [5.41, 5.74) is 6.72. The molecule has 0 radical (unpaired) electrons. The third-order valence-corrected chi connectivity index (χ3v) is 3.03. The fourth-order valence-electron chi connectivity index (χ4n) is 1.88. The number of unbranched alkanes of at least 4 members (excludes halogenated alkanes) is 1. The van der Waals surface area contributed by atoms with Gasteiger partial charge in [0.05, 0.1) is 32.5 Å². The second-order valence-electron chi connectivity index (χ2n) is 5.66. The number of nitrogens with one attached hydrogen (secondary N) is 1. The van der Waals surface area contributed by atoms with Gasteiger partial charge in [-0.2, -0.15) is 0 Å². The van der Waals surface area contributed by atoms with E-state index in [2.05, 4.69) is 17.2 Å². The molecule has 0 spiro atoms. The topological polar surface area (TPSA) is 78.1 Å². The number of hydrogen-bond acceptors (Lipinski definition) is 4. The van der Waals surface area contributed by atoms with E-state index in [4.69, 9.17) is 19.9 Å². The van der Waals surface area contributed by atoms with Crippen LogP contribution in [0.4, 0.5) is 5.69 Å². The van der Waals surface area contributed by atoms with Crippen molar-refractivity contribution in [3.8, 4) is 5.75 Å². The van der Waals surface area contributed by atoms with Gasteiger partial charge in [0.15, 0.2) is 5.96 Å². The molecule has 0 fully saturated rings. The van der Waals surface area contributed by atoms with Gasteiger partial charge in [-0.15, -0.1) is 24.0 Å². The maximum atomic E-state index is 5.85. The summed E-state index contributed by atoms with van der Waals surface area (Å²) in [5.74, 6) is 1.20. The van der Waals surface area contributed by atoms with Crippen LogP contribution in [0, 0.1) is 0 Å². The number of halogens is 1. The van der Waals surface area contributed by atoms with Crippen molar-refractivity contribution in [1.82, 2.24) is 0 Å². The number of anilines is 1. The molecule has 0 aliphatic carbocycles. The smallest absolute Gasteiger partial charge is 0.193 e. The number of ether oxygens (including phenoxy) is 3. The molecule has 0 bridgehead atoms. The summed E-state index contributed by atoms with van der Waals surface area (Å²) in [6.45, 7) is 9.20. The summed E-state index contributed by atoms with van der Waals surface area (Å²) in [6, 6.07) is 7.61. The van der Waals surface area contributed by atoms with E-state index in [-0.39, 0.29) is 30.1 Å². The van der Waals surface area contributed by atoms with Crippen LogP contribution in [0.5, 0.6) is 5.75 Å². The van der Waals surface area contributed by atoms with Crippen molar-refractivity contribution < 1.29 is 14.2 Å². The molecule has 6 nitrogen and oxygen atoms in total. The lowest BCUT2D eigenvalue weighted by Gasteiger charge is -2.11. The molecule has 0 amide bonds. The lowest BCUT2D eigenvalue weighted by atomic mass is 10.3. The largest absolute Gasteiger partial charge is 0.491 e. The van der Waals surface area contributed by atoms with Crippen LogP contribution in [0.15, 0.2) is 29.3 Å². The molecule has 1 aromatic rings. The first kappa shape index (κ1) is 23.9. The molecule has 1 aromatic carbocycles. The van der Waals surface area contributed by atoms with Crippen LogP contribution in [-0.4, -0.2) is 45.0 Å². The van der Waals surface area contributed by atoms with E-state index in [9.17, 15) is 0 Å². The zero-order valence-electron chi connectivity index (χ0n) is 15.5. The van der Waals surface area contributed by atoms with Crippen molar-refractivity contribution in [1.29, 1.82) is 0 Å². The standard InChI is InChI=1S/C18H31N3O3.HI/c1-4-5-11-22-13-14-23-12-10-20-18(19)21-16-6-8-17(9-7-16)24-15(2)3;/h6-9,15H,4-5,10-14H2,1-3H3,(H3,19,20,21);1H. The van der Waals surface area contributed by atoms with E-state index in [1.807, 2.05) is 38.1 Å². The fraction of sp³-hybridized carbons (Fsp3) is 0.611. The Bertz CT molecular complexity index is 467. The van der Waals surface area contributed by atoms with Crippen LogP contribution in [0.3, 0.4) is 0 Å². The summed E-state index contributed by atoms with van der Waals surface area (Å²) in [5, 5.41) is 3.04. The number of nitrogens with two attached hydrogens (primary N) is 1. The van der Waals surface area contributed by atoms with Crippen LogP contribution < -0.4 is 15.8 Å². The van der Waals surface area contributed by atoms with Gasteiger partial charge in [0, 0.05) is 12.3 Å². The Morgan fingerprint density at radius 1 is 1.08 bits per heavy atom. The van der Waals surface area contributed by atoms with Crippen molar-refractivity contribution in [2.24, 2.45) is 10.7 Å². The molecule has 0 heterocycles. The molecular formula is C18H32IN3O3. The second-order valence-corrected chi connectivity index (χ2v) is 5.66. The first-order valence-corrected chi connectivity index (χ1v) is 8.61. The van der Waals surface area contributed by atoms with Gasteiger partial charge in [0.1, 0.15) is 5.75 Å². The van der Waals surface area contributed by atoms with Gasteiger partial charge in [0.2, 0.25) is 0 Å². The summed E-state index contributed by atoms with van der Waals surface area (Å²) < 4.78 is 16.4. The zero-order valence-corrected chi connectivity index (χ0v) is 17.8. The lowest BCUT2D eigenvalue weighted by molar-refractivity contribution is 0.0498. The Labute approximate surface area is 168 Å². The molecule has 0 saturated carbocycles. The van der Waals surface area contributed by atoms with Gasteiger partial charge < -0.3 is 25.3 Å². The normalized spacial score (nSPS) is 11.3. The van der Waals surface area contributed by atoms with E-state index >= 15 is 0 Å². The average Bonchev–Trinajstić information content (AvgIpc) is 2.55. The van der Waals surface area contributed by atoms with Crippen LogP contribution in [0.25, 0.3) is 0 Å². The van der Waals surface area contributed by atoms with Gasteiger partial charge in [0.25, 0.3) is 0 Å². The van der Waals surface area contributed by atoms with Crippen molar-refractivity contribution in [2.45, 2.75) is 39.7 Å². The molecule has 0 aromatic heterocycles. The number of benzene rings is 1. The third kappa shape index (κ3) is 12.9. The Balaban J connectivity index is 0.00000576. The summed E-state index contributed by atoms with van der Waals surface area (Å²) in [7, 11) is 0. The number of nitrogens with zero attached hydrogens (tertiary/aromatic N) is 1. The maximum absolute atomic E-state index is 5.85. The Morgan fingerprint density at radius 2 is 1.72 bits per heavy atom. The number of rotatable bonds is 12. The molecule has 3 N–H and O–H groups in total. The Kier molecular flexibility index (Phi) is 14.6. The molecule has 0 saturated heterocycles. The SMILES string of the molecule is CCCCOCCOCCN=C(N)Nc1ccc(OC(C)C)cc1.I. The lowest BCUT2D eigenvalue weighted by Crippen LogP contribution is -2.23. The first-order chi connectivity index (χ1) is 11.6. The second kappa shape index (κ2) is 15.2. The van der Waals surface area contributed by atoms with Gasteiger partial charge in [-0.1, -0.05) is 13.3 Å². The third-order valence-electron chi connectivity index (χ3n) is 3.03. The predicted molar refractivity (Wildman–Crippen MR) is 114 cm³/mol. The van der Waals surface area contributed by atoms with Crippen molar-refractivity contribution in [3.63, 3.8) is 0 Å². The fourth-order valence-corrected chi connectivity index (χ4v) is 1.88. The van der Waals surface area contributed by atoms with Crippen LogP contribution in [0.2, 0.25) is 0 Å². The van der Waals surface area contributed by atoms with Crippen LogP contribution in [0.1, 0.15) is 33.6 Å². The molecule has 25 heavy (non-hydrogen) atoms. The van der Waals surface area contributed by atoms with E-state index in [1.54, 1.807) is 0 Å². The Hall–Kier alpha value is -1.06. The molecule has 0 aliphatic rings. The monoisotopic (exact) mass is 465 g/mol. The van der Waals surface area contributed by atoms with E-state index in [1.165, 1.54) is 0 Å². The summed E-state index contributed by atoms with van der Waals surface area (Å²) in [6.07, 6.45) is 2.40. The van der Waals surface area contributed by atoms with Crippen LogP contribution in [-0.2, 0) is 9.47 Å². The van der Waals surface area contributed by atoms with Gasteiger partial charge in [-0.25, -0.2) is 0 Å². The minimum absolute atomic E-state index is 0. The zero-order chi connectivity index (χ0) is 17.6. The quantitative estimate of drug-likeness (QED) is 0.213. The minimum Gasteiger partial charge on any atom is -0.491 e. The van der Waals surface area contributed by atoms with Crippen molar-refractivity contribution in [2.75, 3.05) is 38.3 Å². The minimum atomic E-state index is 0. The highest BCUT2D eigenvalue weighted by Gasteiger charge is 1.99. The average molecular weight is 465 g/mol. The highest BCUT2D eigenvalue weighted by Crippen LogP contribution is 2.16. The van der Waals surface area contributed by atoms with Crippen molar-refractivity contribution in [3.05, 3.63) is 24.3 Å². The maximum Gasteiger partial charge on any atom is 0.193 e. The molecular weight excluding hydrogens is 433 g/mol. The number of guanidine groups is 1. The molecule has 0 unspecified atom stereocenters. The molecule has 0 aliphatic heterocycles. The predicted octanol–water partition coefficient (Wildman–Crippen LogP) is 3.65. The van der Waals surface area contributed by atoms with Gasteiger partial charge in [-0.3, -0.25) is 4.99 Å². The first-order valence-electron chi connectivity index (χ1n) is 8.61. The molecule has 0 atom stereocenters. The Morgan fingerprint density at radius 3 is 2.32 bits per heavy atom. The van der Waals surface area contributed by atoms with Gasteiger partial charge in [-0.05, 0) is 44.5 Å². The number of aliphatic imine (C=N–C) groups is 1. The molecule has 7 heteroatoms. The van der Waals surface area contributed by atoms with E-state index in [0.717, 1.165) is 30.9 Å². The highest BCUT2D eigenvalue weighted by molar-refractivity contribution is 14.0. The summed E-state index contributed by atoms with van der Waals surface area (Å²) in [4.78, 5) is 4.22. The highest BCUT2D eigenvalue weighted by atomic mass is 127. The molecule has 1 rings (SSSR count). The van der Waals surface area contributed by atoms with E-state index in [0.29, 0.717) is 32.3 Å². The van der Waals surface area contributed by atoms with Crippen LogP contribution >= 0.6 is 24.0 Å². The van der Waals surface area contributed by atoms with Gasteiger partial charge >= 0.3 is 0 Å². The summed E-state index contributed by atoms with van der Waals surface area (Å²) >= 11 is 0. The van der Waals surface area contributed by atoms with E-state index < -0.39 is 0 Å². The van der Waals surface area contributed by atoms with Crippen molar-refractivity contribution >= 4 is 35.6 Å².